The van der Waals surface area contributed by atoms with Crippen LogP contribution in [0.25, 0.3) is 0 Å². The van der Waals surface area contributed by atoms with Crippen molar-refractivity contribution in [1.82, 2.24) is 0 Å². The molecule has 0 aromatic heterocycles. The molecule has 0 aliphatic rings. The molecule has 0 spiro atoms. The summed E-state index contributed by atoms with van der Waals surface area (Å²) in [5, 5.41) is 0.934. The number of rotatable bonds is 3. The van der Waals surface area contributed by atoms with Crippen molar-refractivity contribution in [2.45, 2.75) is 16.6 Å². The van der Waals surface area contributed by atoms with E-state index in [-0.39, 0.29) is 4.90 Å². The number of nitrogens with two attached hydrogens (primary N) is 1. The minimum Gasteiger partial charge on any atom is -0.329 e. The molecule has 1 atom stereocenters. The van der Waals surface area contributed by atoms with Crippen molar-refractivity contribution in [3.8, 4) is 0 Å². The van der Waals surface area contributed by atoms with Gasteiger partial charge in [0, 0.05) is 16.7 Å². The molecule has 0 amide bonds. The second-order valence-corrected chi connectivity index (χ2v) is 6.64. The van der Waals surface area contributed by atoms with Gasteiger partial charge in [0.2, 0.25) is 0 Å². The number of alkyl halides is 2. The fraction of sp³-hybridized carbons (Fsp3) is 0.400. The van der Waals surface area contributed by atoms with Gasteiger partial charge in [-0.15, -0.1) is 0 Å². The standard InChI is InChI=1S/C7H8O3S.C3H7Br2N/c1-6-2-4-7(5-3-6)11(8,9)10;4-1-3(5)2-6/h2-5H,1H3,(H,8,9,10);3H,1-2,6H2. The molecule has 17 heavy (non-hydrogen) atoms. The molecule has 0 aliphatic carbocycles. The van der Waals surface area contributed by atoms with Gasteiger partial charge < -0.3 is 5.73 Å². The van der Waals surface area contributed by atoms with E-state index in [0.29, 0.717) is 11.4 Å². The van der Waals surface area contributed by atoms with Gasteiger partial charge in [-0.25, -0.2) is 0 Å². The van der Waals surface area contributed by atoms with Gasteiger partial charge in [-0.05, 0) is 19.1 Å². The third-order valence-corrected chi connectivity index (χ3v) is 4.96. The zero-order valence-corrected chi connectivity index (χ0v) is 13.3. The lowest BCUT2D eigenvalue weighted by molar-refractivity contribution is 0.483. The van der Waals surface area contributed by atoms with E-state index in [1.165, 1.54) is 12.1 Å². The molecule has 1 aromatic carbocycles. The predicted octanol–water partition coefficient (Wildman–Crippen LogP) is 2.35. The summed E-state index contributed by atoms with van der Waals surface area (Å²) >= 11 is 6.55. The maximum atomic E-state index is 10.5. The van der Waals surface area contributed by atoms with Crippen molar-refractivity contribution >= 4 is 42.0 Å². The van der Waals surface area contributed by atoms with Crippen molar-refractivity contribution in [3.05, 3.63) is 29.8 Å². The molecule has 4 nitrogen and oxygen atoms in total. The molecule has 1 unspecified atom stereocenters. The van der Waals surface area contributed by atoms with E-state index in [0.717, 1.165) is 10.9 Å². The van der Waals surface area contributed by atoms with Crippen LogP contribution in [0.5, 0.6) is 0 Å². The molecule has 0 radical (unpaired) electrons. The van der Waals surface area contributed by atoms with E-state index >= 15 is 0 Å². The normalized spacial score (nSPS) is 12.5. The first-order valence-electron chi connectivity index (χ1n) is 4.75. The van der Waals surface area contributed by atoms with Crippen LogP contribution in [0.3, 0.4) is 0 Å². The largest absolute Gasteiger partial charge is 0.329 e. The third-order valence-electron chi connectivity index (χ3n) is 1.74. The van der Waals surface area contributed by atoms with Crippen LogP contribution >= 0.6 is 31.9 Å². The zero-order valence-electron chi connectivity index (χ0n) is 9.31. The average Bonchev–Trinajstić information content (AvgIpc) is 2.28. The number of halogens is 2. The highest BCUT2D eigenvalue weighted by atomic mass is 79.9. The van der Waals surface area contributed by atoms with Crippen LogP contribution in [-0.2, 0) is 10.1 Å². The van der Waals surface area contributed by atoms with Gasteiger partial charge in [-0.3, -0.25) is 4.55 Å². The first-order valence-corrected chi connectivity index (χ1v) is 8.23. The minimum atomic E-state index is -4.02. The molecule has 1 rings (SSSR count). The first-order chi connectivity index (χ1) is 7.81. The van der Waals surface area contributed by atoms with Crippen LogP contribution in [0.2, 0.25) is 0 Å². The maximum Gasteiger partial charge on any atom is 0.294 e. The lowest BCUT2D eigenvalue weighted by Gasteiger charge is -1.95. The fourth-order valence-corrected chi connectivity index (χ4v) is 1.52. The van der Waals surface area contributed by atoms with E-state index in [4.69, 9.17) is 10.3 Å². The van der Waals surface area contributed by atoms with E-state index in [9.17, 15) is 8.42 Å². The monoisotopic (exact) mass is 387 g/mol. The van der Waals surface area contributed by atoms with Gasteiger partial charge in [0.05, 0.1) is 4.90 Å². The number of benzene rings is 1. The highest BCUT2D eigenvalue weighted by molar-refractivity contribution is 9.12. The van der Waals surface area contributed by atoms with Gasteiger partial charge in [0.15, 0.2) is 0 Å². The quantitative estimate of drug-likeness (QED) is 0.615. The molecular formula is C10H15Br2NO3S. The molecule has 0 fully saturated rings. The summed E-state index contributed by atoms with van der Waals surface area (Å²) in [6.45, 7) is 2.54. The second kappa shape index (κ2) is 8.20. The maximum absolute atomic E-state index is 10.5. The highest BCUT2D eigenvalue weighted by Gasteiger charge is 2.06. The van der Waals surface area contributed by atoms with Crippen molar-refractivity contribution in [2.24, 2.45) is 5.73 Å². The van der Waals surface area contributed by atoms with Crippen LogP contribution in [0, 0.1) is 6.92 Å². The molecule has 0 aliphatic heterocycles. The number of hydrogen-bond acceptors (Lipinski definition) is 3. The van der Waals surface area contributed by atoms with Crippen LogP contribution in [0.1, 0.15) is 5.56 Å². The summed E-state index contributed by atoms with van der Waals surface area (Å²) in [6.07, 6.45) is 0. The van der Waals surface area contributed by atoms with E-state index < -0.39 is 10.1 Å². The molecule has 0 saturated heterocycles. The van der Waals surface area contributed by atoms with Gasteiger partial charge >= 0.3 is 0 Å². The summed E-state index contributed by atoms with van der Waals surface area (Å²) < 4.78 is 29.6. The SMILES string of the molecule is Cc1ccc(S(=O)(=O)O)cc1.NCC(Br)CBr. The van der Waals surface area contributed by atoms with Gasteiger partial charge in [0.25, 0.3) is 10.1 Å². The molecular weight excluding hydrogens is 374 g/mol. The Hall–Kier alpha value is 0.0500. The van der Waals surface area contributed by atoms with E-state index in [1.54, 1.807) is 12.1 Å². The van der Waals surface area contributed by atoms with Crippen molar-refractivity contribution in [2.75, 3.05) is 11.9 Å². The Morgan fingerprint density at radius 2 is 1.82 bits per heavy atom. The fourth-order valence-electron chi connectivity index (χ4n) is 0.773. The van der Waals surface area contributed by atoms with Crippen molar-refractivity contribution < 1.29 is 13.0 Å². The van der Waals surface area contributed by atoms with E-state index in [2.05, 4.69) is 31.9 Å². The molecule has 3 N–H and O–H groups in total. The molecule has 0 saturated carbocycles. The summed E-state index contributed by atoms with van der Waals surface area (Å²) in [6, 6.07) is 5.99. The van der Waals surface area contributed by atoms with Crippen LogP contribution in [-0.4, -0.2) is 29.7 Å². The predicted molar refractivity (Wildman–Crippen MR) is 76.6 cm³/mol. The molecule has 1 aromatic rings. The van der Waals surface area contributed by atoms with Crippen LogP contribution < -0.4 is 5.73 Å². The van der Waals surface area contributed by atoms with Gasteiger partial charge in [0.1, 0.15) is 0 Å². The summed E-state index contributed by atoms with van der Waals surface area (Å²) in [4.78, 5) is 0.376. The van der Waals surface area contributed by atoms with E-state index in [1.807, 2.05) is 6.92 Å². The zero-order chi connectivity index (χ0) is 13.5. The molecule has 0 heterocycles. The number of aryl methyl sites for hydroxylation is 1. The Labute approximate surface area is 119 Å². The average molecular weight is 389 g/mol. The van der Waals surface area contributed by atoms with Gasteiger partial charge in [-0.2, -0.15) is 8.42 Å². The smallest absolute Gasteiger partial charge is 0.294 e. The Bertz CT molecular complexity index is 416. The Morgan fingerprint density at radius 3 is 2.06 bits per heavy atom. The van der Waals surface area contributed by atoms with Crippen LogP contribution in [0.4, 0.5) is 0 Å². The Balaban J connectivity index is 0.000000366. The third kappa shape index (κ3) is 7.88. The summed E-state index contributed by atoms with van der Waals surface area (Å²) in [5.74, 6) is 0. The number of hydrogen-bond donors (Lipinski definition) is 2. The topological polar surface area (TPSA) is 80.4 Å². The van der Waals surface area contributed by atoms with Crippen molar-refractivity contribution in [3.63, 3.8) is 0 Å². The molecule has 0 bridgehead atoms. The van der Waals surface area contributed by atoms with Crippen molar-refractivity contribution in [1.29, 1.82) is 0 Å². The lowest BCUT2D eigenvalue weighted by atomic mass is 10.2. The van der Waals surface area contributed by atoms with Gasteiger partial charge in [-0.1, -0.05) is 49.6 Å². The minimum absolute atomic E-state index is 0.0666. The molecule has 7 heteroatoms. The molecule has 98 valence electrons. The Morgan fingerprint density at radius 1 is 1.35 bits per heavy atom. The summed E-state index contributed by atoms with van der Waals surface area (Å²) in [7, 11) is -4.02. The first kappa shape index (κ1) is 17.1. The highest BCUT2D eigenvalue weighted by Crippen LogP contribution is 2.08. The Kier molecular flexibility index (Phi) is 8.23. The summed E-state index contributed by atoms with van der Waals surface area (Å²) in [5.41, 5.74) is 6.16. The lowest BCUT2D eigenvalue weighted by Crippen LogP contribution is -2.13. The second-order valence-electron chi connectivity index (χ2n) is 3.28. The van der Waals surface area contributed by atoms with Crippen LogP contribution in [0.15, 0.2) is 29.2 Å².